The summed E-state index contributed by atoms with van der Waals surface area (Å²) >= 11 is 0. The fourth-order valence-electron chi connectivity index (χ4n) is 1.68. The molecule has 3 nitrogen and oxygen atoms in total. The smallest absolute Gasteiger partial charge is 0.221 e. The van der Waals surface area contributed by atoms with Crippen LogP contribution < -0.4 is 5.32 Å². The van der Waals surface area contributed by atoms with Gasteiger partial charge in [-0.25, -0.2) is 0 Å². The molecule has 0 fully saturated rings. The molecule has 0 heterocycles. The van der Waals surface area contributed by atoms with Gasteiger partial charge < -0.3 is 10.2 Å². The van der Waals surface area contributed by atoms with Gasteiger partial charge in [0.2, 0.25) is 5.91 Å². The Labute approximate surface area is 104 Å². The first-order valence-electron chi connectivity index (χ1n) is 6.29. The zero-order valence-electron chi connectivity index (χ0n) is 10.8. The third-order valence-corrected chi connectivity index (χ3v) is 2.88. The SMILES string of the molecule is CCN(CC)CCC(=O)NCc1ccccc1. The Kier molecular flexibility index (Phi) is 6.33. The molecule has 17 heavy (non-hydrogen) atoms. The molecule has 0 spiro atoms. The van der Waals surface area contributed by atoms with Gasteiger partial charge in [0, 0.05) is 19.5 Å². The molecule has 0 aliphatic heterocycles. The fourth-order valence-corrected chi connectivity index (χ4v) is 1.68. The third kappa shape index (κ3) is 5.50. The molecule has 0 saturated carbocycles. The highest BCUT2D eigenvalue weighted by atomic mass is 16.1. The third-order valence-electron chi connectivity index (χ3n) is 2.88. The van der Waals surface area contributed by atoms with Crippen molar-refractivity contribution in [1.82, 2.24) is 10.2 Å². The molecule has 1 aromatic rings. The van der Waals surface area contributed by atoms with E-state index in [-0.39, 0.29) is 5.91 Å². The summed E-state index contributed by atoms with van der Waals surface area (Å²) < 4.78 is 0. The number of hydrogen-bond acceptors (Lipinski definition) is 2. The van der Waals surface area contributed by atoms with Crippen molar-refractivity contribution in [2.24, 2.45) is 0 Å². The minimum atomic E-state index is 0.126. The molecule has 3 heteroatoms. The van der Waals surface area contributed by atoms with E-state index in [0.717, 1.165) is 25.2 Å². The average Bonchev–Trinajstić information content (AvgIpc) is 2.39. The second kappa shape index (κ2) is 7.85. The largest absolute Gasteiger partial charge is 0.352 e. The molecule has 0 aliphatic carbocycles. The molecule has 94 valence electrons. The van der Waals surface area contributed by atoms with Crippen molar-refractivity contribution in [3.8, 4) is 0 Å². The van der Waals surface area contributed by atoms with Crippen LogP contribution in [0.3, 0.4) is 0 Å². The van der Waals surface area contributed by atoms with Crippen LogP contribution in [-0.2, 0) is 11.3 Å². The van der Waals surface area contributed by atoms with Gasteiger partial charge in [0.15, 0.2) is 0 Å². The van der Waals surface area contributed by atoms with E-state index in [1.165, 1.54) is 0 Å². The normalized spacial score (nSPS) is 10.5. The Bertz CT molecular complexity index is 320. The van der Waals surface area contributed by atoms with E-state index >= 15 is 0 Å². The maximum Gasteiger partial charge on any atom is 0.221 e. The minimum Gasteiger partial charge on any atom is -0.352 e. The molecule has 0 saturated heterocycles. The number of nitrogens with one attached hydrogen (secondary N) is 1. The molecule has 1 aromatic carbocycles. The minimum absolute atomic E-state index is 0.126. The molecular formula is C14H22N2O. The van der Waals surface area contributed by atoms with E-state index in [4.69, 9.17) is 0 Å². The van der Waals surface area contributed by atoms with Crippen molar-refractivity contribution >= 4 is 5.91 Å². The Hall–Kier alpha value is -1.35. The van der Waals surface area contributed by atoms with Crippen molar-refractivity contribution < 1.29 is 4.79 Å². The van der Waals surface area contributed by atoms with E-state index < -0.39 is 0 Å². The molecule has 0 atom stereocenters. The first kappa shape index (κ1) is 13.7. The summed E-state index contributed by atoms with van der Waals surface area (Å²) in [6.45, 7) is 7.70. The average molecular weight is 234 g/mol. The summed E-state index contributed by atoms with van der Waals surface area (Å²) in [6.07, 6.45) is 0.578. The van der Waals surface area contributed by atoms with Gasteiger partial charge in [-0.15, -0.1) is 0 Å². The standard InChI is InChI=1S/C14H22N2O/c1-3-16(4-2)11-10-14(17)15-12-13-8-6-5-7-9-13/h5-9H,3-4,10-12H2,1-2H3,(H,15,17). The van der Waals surface area contributed by atoms with Crippen LogP contribution in [0.5, 0.6) is 0 Å². The van der Waals surface area contributed by atoms with Crippen molar-refractivity contribution in [3.05, 3.63) is 35.9 Å². The summed E-state index contributed by atoms with van der Waals surface area (Å²) in [6, 6.07) is 9.98. The van der Waals surface area contributed by atoms with Gasteiger partial charge in [-0.2, -0.15) is 0 Å². The maximum atomic E-state index is 11.6. The highest BCUT2D eigenvalue weighted by Gasteiger charge is 2.04. The number of hydrogen-bond donors (Lipinski definition) is 1. The Balaban J connectivity index is 2.22. The molecule has 0 aliphatic rings. The van der Waals surface area contributed by atoms with Gasteiger partial charge in [0.05, 0.1) is 0 Å². The lowest BCUT2D eigenvalue weighted by Gasteiger charge is -2.17. The second-order valence-corrected chi connectivity index (χ2v) is 4.04. The number of amides is 1. The Morgan fingerprint density at radius 1 is 1.18 bits per heavy atom. The van der Waals surface area contributed by atoms with Crippen LogP contribution in [0.15, 0.2) is 30.3 Å². The first-order valence-corrected chi connectivity index (χ1v) is 6.29. The van der Waals surface area contributed by atoms with Crippen LogP contribution in [0.2, 0.25) is 0 Å². The highest BCUT2D eigenvalue weighted by molar-refractivity contribution is 5.76. The molecule has 0 bridgehead atoms. The van der Waals surface area contributed by atoms with Crippen molar-refractivity contribution in [2.45, 2.75) is 26.8 Å². The van der Waals surface area contributed by atoms with Crippen LogP contribution in [0, 0.1) is 0 Å². The summed E-state index contributed by atoms with van der Waals surface area (Å²) in [5.41, 5.74) is 1.14. The van der Waals surface area contributed by atoms with Gasteiger partial charge >= 0.3 is 0 Å². The zero-order chi connectivity index (χ0) is 12.5. The van der Waals surface area contributed by atoms with E-state index in [0.29, 0.717) is 13.0 Å². The molecule has 0 radical (unpaired) electrons. The number of nitrogens with zero attached hydrogens (tertiary/aromatic N) is 1. The molecule has 0 aromatic heterocycles. The number of carbonyl (C=O) groups excluding carboxylic acids is 1. The van der Waals surface area contributed by atoms with Crippen LogP contribution in [0.25, 0.3) is 0 Å². The highest BCUT2D eigenvalue weighted by Crippen LogP contribution is 1.98. The summed E-state index contributed by atoms with van der Waals surface area (Å²) in [4.78, 5) is 13.9. The Morgan fingerprint density at radius 2 is 1.82 bits per heavy atom. The second-order valence-electron chi connectivity index (χ2n) is 4.04. The van der Waals surface area contributed by atoms with Crippen LogP contribution in [-0.4, -0.2) is 30.4 Å². The van der Waals surface area contributed by atoms with E-state index in [1.54, 1.807) is 0 Å². The predicted molar refractivity (Wildman–Crippen MR) is 70.7 cm³/mol. The van der Waals surface area contributed by atoms with E-state index in [2.05, 4.69) is 24.1 Å². The van der Waals surface area contributed by atoms with Crippen LogP contribution in [0.1, 0.15) is 25.8 Å². The monoisotopic (exact) mass is 234 g/mol. The lowest BCUT2D eigenvalue weighted by molar-refractivity contribution is -0.121. The molecule has 1 amide bonds. The topological polar surface area (TPSA) is 32.3 Å². The summed E-state index contributed by atoms with van der Waals surface area (Å²) in [5.74, 6) is 0.126. The molecule has 1 N–H and O–H groups in total. The van der Waals surface area contributed by atoms with Gasteiger partial charge in [-0.3, -0.25) is 4.79 Å². The fraction of sp³-hybridized carbons (Fsp3) is 0.500. The lowest BCUT2D eigenvalue weighted by Crippen LogP contribution is -2.30. The van der Waals surface area contributed by atoms with Crippen molar-refractivity contribution in [1.29, 1.82) is 0 Å². The maximum absolute atomic E-state index is 11.6. The molecule has 1 rings (SSSR count). The number of benzene rings is 1. The van der Waals surface area contributed by atoms with Gasteiger partial charge in [0.25, 0.3) is 0 Å². The predicted octanol–water partition coefficient (Wildman–Crippen LogP) is 2.03. The van der Waals surface area contributed by atoms with Gasteiger partial charge in [0.1, 0.15) is 0 Å². The summed E-state index contributed by atoms with van der Waals surface area (Å²) in [7, 11) is 0. The van der Waals surface area contributed by atoms with Gasteiger partial charge in [-0.05, 0) is 18.7 Å². The van der Waals surface area contributed by atoms with E-state index in [9.17, 15) is 4.79 Å². The summed E-state index contributed by atoms with van der Waals surface area (Å²) in [5, 5.41) is 2.94. The van der Waals surface area contributed by atoms with Crippen molar-refractivity contribution in [3.63, 3.8) is 0 Å². The number of rotatable bonds is 7. The Morgan fingerprint density at radius 3 is 2.41 bits per heavy atom. The molecule has 0 unspecified atom stereocenters. The van der Waals surface area contributed by atoms with Gasteiger partial charge in [-0.1, -0.05) is 44.2 Å². The quantitative estimate of drug-likeness (QED) is 0.783. The lowest BCUT2D eigenvalue weighted by atomic mass is 10.2. The molecular weight excluding hydrogens is 212 g/mol. The van der Waals surface area contributed by atoms with E-state index in [1.807, 2.05) is 30.3 Å². The van der Waals surface area contributed by atoms with Crippen molar-refractivity contribution in [2.75, 3.05) is 19.6 Å². The van der Waals surface area contributed by atoms with Crippen LogP contribution in [0.4, 0.5) is 0 Å². The van der Waals surface area contributed by atoms with Crippen LogP contribution >= 0.6 is 0 Å². The zero-order valence-corrected chi connectivity index (χ0v) is 10.8. The first-order chi connectivity index (χ1) is 8.26. The number of carbonyl (C=O) groups is 1.